The molecule has 76 valence electrons. The highest BCUT2D eigenvalue weighted by atomic mass is 16.3. The average Bonchev–Trinajstić information content (AvgIpc) is 2.19. The molecule has 1 rings (SSSR count). The number of allylic oxidation sites excluding steroid dienone is 1. The van der Waals surface area contributed by atoms with Crippen LogP contribution < -0.4 is 5.73 Å². The molecule has 0 aliphatic carbocycles. The second-order valence-electron chi connectivity index (χ2n) is 3.47. The number of aliphatic hydroxyl groups excluding tert-OH is 1. The Kier molecular flexibility index (Phi) is 4.36. The van der Waals surface area contributed by atoms with Crippen molar-refractivity contribution in [3.63, 3.8) is 0 Å². The fourth-order valence-electron chi connectivity index (χ4n) is 1.13. The van der Waals surface area contributed by atoms with Crippen LogP contribution in [-0.4, -0.2) is 17.3 Å². The smallest absolute Gasteiger partial charge is 0.0869 e. The van der Waals surface area contributed by atoms with E-state index in [1.165, 1.54) is 5.56 Å². The van der Waals surface area contributed by atoms with Crippen LogP contribution in [0.15, 0.2) is 42.5 Å². The van der Waals surface area contributed by atoms with E-state index in [4.69, 9.17) is 5.73 Å². The molecule has 0 heterocycles. The zero-order chi connectivity index (χ0) is 10.4. The van der Waals surface area contributed by atoms with Crippen molar-refractivity contribution in [2.75, 3.05) is 0 Å². The number of aliphatic hydroxyl groups is 1. The van der Waals surface area contributed by atoms with Gasteiger partial charge in [-0.15, -0.1) is 0 Å². The molecule has 0 radical (unpaired) electrons. The molecule has 0 amide bonds. The maximum atomic E-state index is 9.39. The van der Waals surface area contributed by atoms with Gasteiger partial charge < -0.3 is 10.8 Å². The molecule has 0 spiro atoms. The van der Waals surface area contributed by atoms with Crippen molar-refractivity contribution in [3.8, 4) is 0 Å². The molecule has 0 aliphatic heterocycles. The van der Waals surface area contributed by atoms with E-state index in [9.17, 15) is 5.11 Å². The summed E-state index contributed by atoms with van der Waals surface area (Å²) in [4.78, 5) is 0. The molecule has 2 nitrogen and oxygen atoms in total. The molecule has 14 heavy (non-hydrogen) atoms. The van der Waals surface area contributed by atoms with Gasteiger partial charge in [-0.05, 0) is 18.9 Å². The molecule has 1 aromatic carbocycles. The standard InChI is InChI=1S/C12H17NO/c1-10(13)12(14)9-5-8-11-6-3-2-4-7-11/h2-7,9-10,12,14H,8,13H2,1H3/b9-5+/t10-,12+/m0/s1. The van der Waals surface area contributed by atoms with Crippen LogP contribution in [0.1, 0.15) is 12.5 Å². The number of rotatable bonds is 4. The van der Waals surface area contributed by atoms with E-state index in [-0.39, 0.29) is 6.04 Å². The van der Waals surface area contributed by atoms with Gasteiger partial charge in [0.25, 0.3) is 0 Å². The Balaban J connectivity index is 2.41. The van der Waals surface area contributed by atoms with Gasteiger partial charge in [0.2, 0.25) is 0 Å². The van der Waals surface area contributed by atoms with E-state index in [1.54, 1.807) is 13.0 Å². The van der Waals surface area contributed by atoms with Gasteiger partial charge in [-0.3, -0.25) is 0 Å². The average molecular weight is 191 g/mol. The van der Waals surface area contributed by atoms with Gasteiger partial charge in [0, 0.05) is 6.04 Å². The predicted octanol–water partition coefficient (Wildman–Crippen LogP) is 1.49. The van der Waals surface area contributed by atoms with Crippen LogP contribution in [0.25, 0.3) is 0 Å². The summed E-state index contributed by atoms with van der Waals surface area (Å²) in [5.41, 5.74) is 6.75. The molecule has 0 aromatic heterocycles. The van der Waals surface area contributed by atoms with Crippen molar-refractivity contribution < 1.29 is 5.11 Å². The lowest BCUT2D eigenvalue weighted by atomic mass is 10.1. The zero-order valence-corrected chi connectivity index (χ0v) is 8.43. The third-order valence-corrected chi connectivity index (χ3v) is 2.07. The molecule has 0 fully saturated rings. The number of benzene rings is 1. The molecule has 1 aromatic rings. The normalized spacial score (nSPS) is 15.6. The fraction of sp³-hybridized carbons (Fsp3) is 0.333. The molecule has 0 saturated carbocycles. The molecule has 3 N–H and O–H groups in total. The highest BCUT2D eigenvalue weighted by Gasteiger charge is 2.03. The summed E-state index contributed by atoms with van der Waals surface area (Å²) in [5, 5.41) is 9.39. The van der Waals surface area contributed by atoms with E-state index in [2.05, 4.69) is 12.1 Å². The van der Waals surface area contributed by atoms with Crippen molar-refractivity contribution in [3.05, 3.63) is 48.0 Å². The summed E-state index contributed by atoms with van der Waals surface area (Å²) in [5.74, 6) is 0. The highest BCUT2D eigenvalue weighted by molar-refractivity contribution is 5.17. The summed E-state index contributed by atoms with van der Waals surface area (Å²) in [6.07, 6.45) is 3.99. The first-order valence-corrected chi connectivity index (χ1v) is 4.84. The fourth-order valence-corrected chi connectivity index (χ4v) is 1.13. The molecule has 0 bridgehead atoms. The minimum absolute atomic E-state index is 0.206. The van der Waals surface area contributed by atoms with Gasteiger partial charge in [0.1, 0.15) is 0 Å². The monoisotopic (exact) mass is 191 g/mol. The predicted molar refractivity (Wildman–Crippen MR) is 58.9 cm³/mol. The first-order valence-electron chi connectivity index (χ1n) is 4.84. The van der Waals surface area contributed by atoms with Crippen LogP contribution in [0.2, 0.25) is 0 Å². The van der Waals surface area contributed by atoms with Gasteiger partial charge in [-0.1, -0.05) is 42.5 Å². The van der Waals surface area contributed by atoms with E-state index >= 15 is 0 Å². The molecule has 2 heteroatoms. The quantitative estimate of drug-likeness (QED) is 0.708. The summed E-state index contributed by atoms with van der Waals surface area (Å²) in [6, 6.07) is 9.91. The van der Waals surface area contributed by atoms with Gasteiger partial charge in [-0.2, -0.15) is 0 Å². The van der Waals surface area contributed by atoms with Crippen molar-refractivity contribution >= 4 is 0 Å². The highest BCUT2D eigenvalue weighted by Crippen LogP contribution is 2.01. The largest absolute Gasteiger partial charge is 0.387 e. The number of hydrogen-bond donors (Lipinski definition) is 2. The van der Waals surface area contributed by atoms with Crippen molar-refractivity contribution in [2.45, 2.75) is 25.5 Å². The Bertz CT molecular complexity index is 280. The van der Waals surface area contributed by atoms with Crippen molar-refractivity contribution in [1.29, 1.82) is 0 Å². The summed E-state index contributed by atoms with van der Waals surface area (Å²) in [6.45, 7) is 1.79. The first-order chi connectivity index (χ1) is 6.70. The van der Waals surface area contributed by atoms with E-state index in [0.717, 1.165) is 6.42 Å². The summed E-state index contributed by atoms with van der Waals surface area (Å²) < 4.78 is 0. The Morgan fingerprint density at radius 3 is 2.57 bits per heavy atom. The molecule has 0 unspecified atom stereocenters. The maximum absolute atomic E-state index is 9.39. The zero-order valence-electron chi connectivity index (χ0n) is 8.43. The summed E-state index contributed by atoms with van der Waals surface area (Å²) in [7, 11) is 0. The van der Waals surface area contributed by atoms with E-state index < -0.39 is 6.10 Å². The third kappa shape index (κ3) is 3.73. The minimum Gasteiger partial charge on any atom is -0.387 e. The van der Waals surface area contributed by atoms with Crippen LogP contribution in [0.4, 0.5) is 0 Å². The molecular weight excluding hydrogens is 174 g/mol. The Hall–Kier alpha value is -1.12. The lowest BCUT2D eigenvalue weighted by molar-refractivity contribution is 0.198. The number of hydrogen-bond acceptors (Lipinski definition) is 2. The van der Waals surface area contributed by atoms with Gasteiger partial charge in [0.05, 0.1) is 6.10 Å². The molecule has 0 saturated heterocycles. The van der Waals surface area contributed by atoms with Gasteiger partial charge >= 0.3 is 0 Å². The topological polar surface area (TPSA) is 46.2 Å². The SMILES string of the molecule is C[C@H](N)[C@H](O)/C=C/Cc1ccccc1. The first kappa shape index (κ1) is 11.0. The molecule has 2 atom stereocenters. The lowest BCUT2D eigenvalue weighted by Crippen LogP contribution is -2.29. The van der Waals surface area contributed by atoms with Crippen molar-refractivity contribution in [1.82, 2.24) is 0 Å². The second-order valence-corrected chi connectivity index (χ2v) is 3.47. The van der Waals surface area contributed by atoms with Crippen molar-refractivity contribution in [2.24, 2.45) is 5.73 Å². The lowest BCUT2D eigenvalue weighted by Gasteiger charge is -2.08. The number of nitrogens with two attached hydrogens (primary N) is 1. The second kappa shape index (κ2) is 5.58. The van der Waals surface area contributed by atoms with Crippen LogP contribution >= 0.6 is 0 Å². The maximum Gasteiger partial charge on any atom is 0.0869 e. The van der Waals surface area contributed by atoms with Crippen LogP contribution in [-0.2, 0) is 6.42 Å². The Morgan fingerprint density at radius 1 is 1.36 bits per heavy atom. The van der Waals surface area contributed by atoms with E-state index in [1.807, 2.05) is 24.3 Å². The Morgan fingerprint density at radius 2 is 2.00 bits per heavy atom. The molecule has 0 aliphatic rings. The van der Waals surface area contributed by atoms with Crippen LogP contribution in [0.5, 0.6) is 0 Å². The van der Waals surface area contributed by atoms with Crippen LogP contribution in [0, 0.1) is 0 Å². The summed E-state index contributed by atoms with van der Waals surface area (Å²) >= 11 is 0. The molecular formula is C12H17NO. The van der Waals surface area contributed by atoms with E-state index in [0.29, 0.717) is 0 Å². The Labute approximate surface area is 85.1 Å². The van der Waals surface area contributed by atoms with Gasteiger partial charge in [0.15, 0.2) is 0 Å². The van der Waals surface area contributed by atoms with Crippen LogP contribution in [0.3, 0.4) is 0 Å². The minimum atomic E-state index is -0.543. The van der Waals surface area contributed by atoms with Gasteiger partial charge in [-0.25, -0.2) is 0 Å². The third-order valence-electron chi connectivity index (χ3n) is 2.07.